The van der Waals surface area contributed by atoms with Crippen LogP contribution >= 0.6 is 0 Å². The fourth-order valence-electron chi connectivity index (χ4n) is 3.33. The molecule has 0 radical (unpaired) electrons. The Morgan fingerprint density at radius 2 is 2.18 bits per heavy atom. The zero-order valence-corrected chi connectivity index (χ0v) is 11.7. The summed E-state index contributed by atoms with van der Waals surface area (Å²) in [6.07, 6.45) is 5.81. The molecule has 0 aromatic carbocycles. The highest BCUT2D eigenvalue weighted by Gasteiger charge is 2.34. The van der Waals surface area contributed by atoms with Crippen molar-refractivity contribution in [2.24, 2.45) is 5.92 Å². The van der Waals surface area contributed by atoms with E-state index in [0.29, 0.717) is 18.0 Å². The zero-order valence-electron chi connectivity index (χ0n) is 11.7. The van der Waals surface area contributed by atoms with Crippen LogP contribution in [0, 0.1) is 5.92 Å². The molecule has 2 heteroatoms. The van der Waals surface area contributed by atoms with Crippen LogP contribution in [0.4, 0.5) is 0 Å². The normalized spacial score (nSPS) is 25.2. The minimum Gasteiger partial charge on any atom is -0.365 e. The van der Waals surface area contributed by atoms with Gasteiger partial charge in [-0.1, -0.05) is 27.7 Å². The monoisotopic (exact) mass is 234 g/mol. The van der Waals surface area contributed by atoms with E-state index in [1.54, 1.807) is 0 Å². The molecule has 2 nitrogen and oxygen atoms in total. The summed E-state index contributed by atoms with van der Waals surface area (Å²) >= 11 is 0. The Morgan fingerprint density at radius 3 is 2.76 bits per heavy atom. The van der Waals surface area contributed by atoms with Gasteiger partial charge in [-0.3, -0.25) is 4.90 Å². The third kappa shape index (κ3) is 2.28. The van der Waals surface area contributed by atoms with E-state index in [1.165, 1.54) is 37.1 Å². The van der Waals surface area contributed by atoms with Crippen LogP contribution in [-0.4, -0.2) is 22.5 Å². The van der Waals surface area contributed by atoms with E-state index in [1.807, 2.05) is 0 Å². The molecule has 2 atom stereocenters. The lowest BCUT2D eigenvalue weighted by Gasteiger charge is -2.44. The lowest BCUT2D eigenvalue weighted by Crippen LogP contribution is -2.45. The van der Waals surface area contributed by atoms with Crippen molar-refractivity contribution >= 4 is 0 Å². The quantitative estimate of drug-likeness (QED) is 0.840. The number of aromatic amines is 1. The van der Waals surface area contributed by atoms with Gasteiger partial charge in [0, 0.05) is 30.4 Å². The molecule has 0 bridgehead atoms. The van der Waals surface area contributed by atoms with Gasteiger partial charge < -0.3 is 4.98 Å². The number of hydrogen-bond acceptors (Lipinski definition) is 1. The predicted molar refractivity (Wildman–Crippen MR) is 73.2 cm³/mol. The summed E-state index contributed by atoms with van der Waals surface area (Å²) in [4.78, 5) is 6.18. The fourth-order valence-corrected chi connectivity index (χ4v) is 3.33. The van der Waals surface area contributed by atoms with Crippen LogP contribution in [0.2, 0.25) is 0 Å². The van der Waals surface area contributed by atoms with E-state index < -0.39 is 0 Å². The van der Waals surface area contributed by atoms with Gasteiger partial charge in [-0.15, -0.1) is 0 Å². The van der Waals surface area contributed by atoms with Crippen molar-refractivity contribution in [2.45, 2.75) is 59.0 Å². The van der Waals surface area contributed by atoms with Crippen molar-refractivity contribution in [1.82, 2.24) is 9.88 Å². The molecule has 0 aliphatic carbocycles. The lowest BCUT2D eigenvalue weighted by molar-refractivity contribution is 0.0829. The predicted octanol–water partition coefficient (Wildman–Crippen LogP) is 3.76. The van der Waals surface area contributed by atoms with Gasteiger partial charge in [0.05, 0.1) is 0 Å². The average molecular weight is 234 g/mol. The minimum absolute atomic E-state index is 0.606. The third-order valence-electron chi connectivity index (χ3n) is 4.04. The van der Waals surface area contributed by atoms with E-state index in [2.05, 4.69) is 49.8 Å². The first-order valence-corrected chi connectivity index (χ1v) is 7.10. The van der Waals surface area contributed by atoms with Crippen molar-refractivity contribution in [1.29, 1.82) is 0 Å². The summed E-state index contributed by atoms with van der Waals surface area (Å²) in [6, 6.07) is 3.61. The Morgan fingerprint density at radius 1 is 1.41 bits per heavy atom. The van der Waals surface area contributed by atoms with Gasteiger partial charge in [0.1, 0.15) is 0 Å². The molecule has 0 amide bonds. The van der Waals surface area contributed by atoms with E-state index >= 15 is 0 Å². The highest BCUT2D eigenvalue weighted by Crippen LogP contribution is 2.38. The number of nitrogens with zero attached hydrogens (tertiary/aromatic N) is 1. The lowest BCUT2D eigenvalue weighted by atomic mass is 9.86. The van der Waals surface area contributed by atoms with Crippen molar-refractivity contribution < 1.29 is 0 Å². The molecule has 1 aliphatic heterocycles. The van der Waals surface area contributed by atoms with Gasteiger partial charge in [0.15, 0.2) is 0 Å². The Hall–Kier alpha value is -0.760. The van der Waals surface area contributed by atoms with Crippen LogP contribution in [0.15, 0.2) is 12.3 Å². The molecule has 17 heavy (non-hydrogen) atoms. The molecule has 2 heterocycles. The van der Waals surface area contributed by atoms with Gasteiger partial charge >= 0.3 is 0 Å². The van der Waals surface area contributed by atoms with Gasteiger partial charge in [0.25, 0.3) is 0 Å². The Labute approximate surface area is 105 Å². The van der Waals surface area contributed by atoms with Crippen LogP contribution in [0.5, 0.6) is 0 Å². The maximum absolute atomic E-state index is 3.44. The number of H-pyrrole nitrogens is 1. The second-order valence-corrected chi connectivity index (χ2v) is 5.60. The van der Waals surface area contributed by atoms with E-state index in [-0.39, 0.29) is 0 Å². The number of hydrogen-bond donors (Lipinski definition) is 1. The van der Waals surface area contributed by atoms with E-state index in [9.17, 15) is 0 Å². The Balaban J connectivity index is 2.34. The standard InChI is InChI=1S/C15H26N2/c1-5-9-17-12(6-2)10-14-13(7-8-16-14)15(17)11(3)4/h7-8,11-12,15-16H,5-6,9-10H2,1-4H3/t12-,15-/m1/s1. The molecule has 0 fully saturated rings. The topological polar surface area (TPSA) is 19.0 Å². The summed E-state index contributed by atoms with van der Waals surface area (Å²) in [5.74, 6) is 0.686. The maximum Gasteiger partial charge on any atom is 0.0391 e. The molecular formula is C15H26N2. The second-order valence-electron chi connectivity index (χ2n) is 5.60. The Kier molecular flexibility index (Phi) is 3.93. The number of rotatable bonds is 4. The van der Waals surface area contributed by atoms with Crippen molar-refractivity contribution in [2.75, 3.05) is 6.54 Å². The fraction of sp³-hybridized carbons (Fsp3) is 0.733. The Bertz CT molecular complexity index is 354. The minimum atomic E-state index is 0.606. The van der Waals surface area contributed by atoms with Crippen LogP contribution < -0.4 is 0 Å². The summed E-state index contributed by atoms with van der Waals surface area (Å²) < 4.78 is 0. The highest BCUT2D eigenvalue weighted by atomic mass is 15.2. The van der Waals surface area contributed by atoms with Crippen molar-refractivity contribution in [3.05, 3.63) is 23.5 Å². The van der Waals surface area contributed by atoms with Crippen LogP contribution in [0.25, 0.3) is 0 Å². The molecule has 1 aromatic heterocycles. The third-order valence-corrected chi connectivity index (χ3v) is 4.04. The van der Waals surface area contributed by atoms with Gasteiger partial charge in [-0.05, 0) is 36.9 Å². The molecule has 0 unspecified atom stereocenters. The first-order chi connectivity index (χ1) is 8.19. The smallest absolute Gasteiger partial charge is 0.0391 e. The molecule has 1 N–H and O–H groups in total. The molecular weight excluding hydrogens is 208 g/mol. The molecule has 0 saturated carbocycles. The largest absolute Gasteiger partial charge is 0.365 e. The first-order valence-electron chi connectivity index (χ1n) is 7.10. The number of aromatic nitrogens is 1. The van der Waals surface area contributed by atoms with Crippen LogP contribution in [-0.2, 0) is 6.42 Å². The van der Waals surface area contributed by atoms with E-state index in [4.69, 9.17) is 0 Å². The molecule has 0 saturated heterocycles. The molecule has 2 rings (SSSR count). The number of fused-ring (bicyclic) bond motifs is 1. The first kappa shape index (κ1) is 12.7. The molecule has 1 aliphatic rings. The van der Waals surface area contributed by atoms with Gasteiger partial charge in [-0.2, -0.15) is 0 Å². The summed E-state index contributed by atoms with van der Waals surface area (Å²) in [5, 5.41) is 0. The van der Waals surface area contributed by atoms with Crippen LogP contribution in [0.3, 0.4) is 0 Å². The van der Waals surface area contributed by atoms with Gasteiger partial charge in [0.2, 0.25) is 0 Å². The SMILES string of the molecule is CCCN1[C@H](CC)Cc2[nH]ccc2[C@H]1C(C)C. The van der Waals surface area contributed by atoms with Gasteiger partial charge in [-0.25, -0.2) is 0 Å². The van der Waals surface area contributed by atoms with Crippen LogP contribution in [0.1, 0.15) is 57.8 Å². The summed E-state index contributed by atoms with van der Waals surface area (Å²) in [6.45, 7) is 10.5. The highest BCUT2D eigenvalue weighted by molar-refractivity contribution is 5.29. The van der Waals surface area contributed by atoms with E-state index in [0.717, 1.165) is 0 Å². The number of nitrogens with one attached hydrogen (secondary N) is 1. The zero-order chi connectivity index (χ0) is 12.4. The molecule has 96 valence electrons. The van der Waals surface area contributed by atoms with Crippen molar-refractivity contribution in [3.63, 3.8) is 0 Å². The second kappa shape index (κ2) is 5.26. The maximum atomic E-state index is 3.44. The van der Waals surface area contributed by atoms with Crippen molar-refractivity contribution in [3.8, 4) is 0 Å². The summed E-state index contributed by atoms with van der Waals surface area (Å²) in [5.41, 5.74) is 3.01. The molecule has 0 spiro atoms. The average Bonchev–Trinajstić information content (AvgIpc) is 2.75. The summed E-state index contributed by atoms with van der Waals surface area (Å²) in [7, 11) is 0. The molecule has 1 aromatic rings.